The molecule has 0 amide bonds. The number of hydrogen-bond acceptors (Lipinski definition) is 4. The number of furan rings is 1. The quantitative estimate of drug-likeness (QED) is 0.663. The molecule has 110 valence electrons. The van der Waals surface area contributed by atoms with Crippen LogP contribution >= 0.6 is 0 Å². The van der Waals surface area contributed by atoms with E-state index in [2.05, 4.69) is 32.2 Å². The molecule has 4 nitrogen and oxygen atoms in total. The molecular formula is C15H27NO3. The second-order valence-corrected chi connectivity index (χ2v) is 5.24. The van der Waals surface area contributed by atoms with E-state index in [1.165, 1.54) is 5.56 Å². The van der Waals surface area contributed by atoms with E-state index < -0.39 is 0 Å². The Labute approximate surface area is 116 Å². The monoisotopic (exact) mass is 269 g/mol. The average Bonchev–Trinajstić information content (AvgIpc) is 2.69. The van der Waals surface area contributed by atoms with Gasteiger partial charge in [0, 0.05) is 20.3 Å². The van der Waals surface area contributed by atoms with Crippen LogP contribution < -0.4 is 5.32 Å². The second kappa shape index (κ2) is 9.13. The highest BCUT2D eigenvalue weighted by Crippen LogP contribution is 2.15. The molecule has 0 aliphatic carbocycles. The van der Waals surface area contributed by atoms with Gasteiger partial charge in [0.15, 0.2) is 0 Å². The Morgan fingerprint density at radius 2 is 2.11 bits per heavy atom. The SMILES string of the molecule is COCCCOCc1cc(C)c(CNCC(C)C)o1. The normalized spacial score (nSPS) is 11.4. The average molecular weight is 269 g/mol. The number of methoxy groups -OCH3 is 1. The predicted octanol–water partition coefficient (Wildman–Crippen LogP) is 2.89. The minimum absolute atomic E-state index is 0.536. The summed E-state index contributed by atoms with van der Waals surface area (Å²) >= 11 is 0. The number of hydrogen-bond donors (Lipinski definition) is 1. The summed E-state index contributed by atoms with van der Waals surface area (Å²) in [5.41, 5.74) is 1.19. The van der Waals surface area contributed by atoms with Crippen LogP contribution in [0.1, 0.15) is 37.4 Å². The summed E-state index contributed by atoms with van der Waals surface area (Å²) in [6.45, 7) is 10.2. The first-order valence-electron chi connectivity index (χ1n) is 6.99. The Hall–Kier alpha value is -0.840. The Morgan fingerprint density at radius 1 is 1.32 bits per heavy atom. The van der Waals surface area contributed by atoms with E-state index in [0.29, 0.717) is 19.1 Å². The third-order valence-corrected chi connectivity index (χ3v) is 2.79. The molecule has 0 atom stereocenters. The third-order valence-electron chi connectivity index (χ3n) is 2.79. The van der Waals surface area contributed by atoms with Gasteiger partial charge in [0.05, 0.1) is 6.54 Å². The van der Waals surface area contributed by atoms with Gasteiger partial charge < -0.3 is 19.2 Å². The molecule has 0 aliphatic rings. The minimum Gasteiger partial charge on any atom is -0.462 e. The molecule has 1 rings (SSSR count). The zero-order valence-corrected chi connectivity index (χ0v) is 12.6. The number of ether oxygens (including phenoxy) is 2. The Morgan fingerprint density at radius 3 is 2.79 bits per heavy atom. The Balaban J connectivity index is 2.28. The zero-order valence-electron chi connectivity index (χ0n) is 12.6. The maximum atomic E-state index is 5.78. The smallest absolute Gasteiger partial charge is 0.130 e. The van der Waals surface area contributed by atoms with Gasteiger partial charge in [0.1, 0.15) is 18.1 Å². The van der Waals surface area contributed by atoms with E-state index in [4.69, 9.17) is 13.9 Å². The summed E-state index contributed by atoms with van der Waals surface area (Å²) in [6, 6.07) is 2.06. The molecule has 0 aliphatic heterocycles. The van der Waals surface area contributed by atoms with E-state index in [1.54, 1.807) is 7.11 Å². The molecule has 0 unspecified atom stereocenters. The van der Waals surface area contributed by atoms with Crippen molar-refractivity contribution in [1.82, 2.24) is 5.32 Å². The first kappa shape index (κ1) is 16.2. The molecule has 1 N–H and O–H groups in total. The predicted molar refractivity (Wildman–Crippen MR) is 76.1 cm³/mol. The Kier molecular flexibility index (Phi) is 7.79. The van der Waals surface area contributed by atoms with E-state index >= 15 is 0 Å². The molecule has 4 heteroatoms. The molecule has 0 spiro atoms. The zero-order chi connectivity index (χ0) is 14.1. The van der Waals surface area contributed by atoms with Crippen molar-refractivity contribution in [2.24, 2.45) is 5.92 Å². The standard InChI is InChI=1S/C15H27NO3/c1-12(2)9-16-10-15-13(3)8-14(19-15)11-18-7-5-6-17-4/h8,12,16H,5-7,9-11H2,1-4H3. The summed E-state index contributed by atoms with van der Waals surface area (Å²) in [7, 11) is 1.70. The van der Waals surface area contributed by atoms with Crippen LogP contribution in [-0.4, -0.2) is 26.9 Å². The van der Waals surface area contributed by atoms with Gasteiger partial charge in [0.25, 0.3) is 0 Å². The molecule has 0 radical (unpaired) electrons. The van der Waals surface area contributed by atoms with Gasteiger partial charge in [-0.1, -0.05) is 13.8 Å². The first-order chi connectivity index (χ1) is 9.13. The van der Waals surface area contributed by atoms with E-state index in [0.717, 1.165) is 37.6 Å². The van der Waals surface area contributed by atoms with Crippen molar-refractivity contribution >= 4 is 0 Å². The lowest BCUT2D eigenvalue weighted by Gasteiger charge is -2.06. The lowest BCUT2D eigenvalue weighted by atomic mass is 10.2. The molecule has 19 heavy (non-hydrogen) atoms. The van der Waals surface area contributed by atoms with Crippen molar-refractivity contribution < 1.29 is 13.9 Å². The highest BCUT2D eigenvalue weighted by atomic mass is 16.5. The summed E-state index contributed by atoms with van der Waals surface area (Å²) in [5, 5.41) is 3.39. The molecule has 1 aromatic heterocycles. The maximum absolute atomic E-state index is 5.78. The molecular weight excluding hydrogens is 242 g/mol. The number of nitrogens with one attached hydrogen (secondary N) is 1. The highest BCUT2D eigenvalue weighted by molar-refractivity contribution is 5.19. The highest BCUT2D eigenvalue weighted by Gasteiger charge is 2.07. The van der Waals surface area contributed by atoms with Crippen LogP contribution in [0.2, 0.25) is 0 Å². The summed E-state index contributed by atoms with van der Waals surface area (Å²) in [5.74, 6) is 2.56. The molecule has 0 aromatic carbocycles. The van der Waals surface area contributed by atoms with Crippen molar-refractivity contribution in [2.45, 2.75) is 40.3 Å². The topological polar surface area (TPSA) is 43.6 Å². The van der Waals surface area contributed by atoms with Gasteiger partial charge in [-0.25, -0.2) is 0 Å². The third kappa shape index (κ3) is 6.76. The largest absolute Gasteiger partial charge is 0.462 e. The van der Waals surface area contributed by atoms with Crippen molar-refractivity contribution in [3.63, 3.8) is 0 Å². The van der Waals surface area contributed by atoms with Crippen molar-refractivity contribution in [3.05, 3.63) is 23.2 Å². The van der Waals surface area contributed by atoms with Crippen LogP contribution in [-0.2, 0) is 22.6 Å². The van der Waals surface area contributed by atoms with Crippen LogP contribution in [0.5, 0.6) is 0 Å². The van der Waals surface area contributed by atoms with Crippen molar-refractivity contribution in [2.75, 3.05) is 26.9 Å². The fourth-order valence-electron chi connectivity index (χ4n) is 1.79. The van der Waals surface area contributed by atoms with Crippen LogP contribution in [0.25, 0.3) is 0 Å². The molecule has 1 aromatic rings. The molecule has 0 saturated heterocycles. The van der Waals surface area contributed by atoms with Gasteiger partial charge in [-0.2, -0.15) is 0 Å². The van der Waals surface area contributed by atoms with Gasteiger partial charge in [-0.05, 0) is 37.4 Å². The number of aryl methyl sites for hydroxylation is 1. The van der Waals surface area contributed by atoms with Crippen LogP contribution in [0.3, 0.4) is 0 Å². The summed E-state index contributed by atoms with van der Waals surface area (Å²) < 4.78 is 16.3. The first-order valence-corrected chi connectivity index (χ1v) is 6.99. The van der Waals surface area contributed by atoms with Gasteiger partial charge in [0.2, 0.25) is 0 Å². The minimum atomic E-state index is 0.536. The van der Waals surface area contributed by atoms with Crippen LogP contribution in [0.15, 0.2) is 10.5 Å². The second-order valence-electron chi connectivity index (χ2n) is 5.24. The van der Waals surface area contributed by atoms with Gasteiger partial charge in [-0.15, -0.1) is 0 Å². The molecule has 0 bridgehead atoms. The summed E-state index contributed by atoms with van der Waals surface area (Å²) in [4.78, 5) is 0. The van der Waals surface area contributed by atoms with E-state index in [9.17, 15) is 0 Å². The fraction of sp³-hybridized carbons (Fsp3) is 0.733. The van der Waals surface area contributed by atoms with Crippen LogP contribution in [0.4, 0.5) is 0 Å². The van der Waals surface area contributed by atoms with Crippen molar-refractivity contribution in [3.8, 4) is 0 Å². The van der Waals surface area contributed by atoms with E-state index in [-0.39, 0.29) is 0 Å². The fourth-order valence-corrected chi connectivity index (χ4v) is 1.79. The molecule has 0 fully saturated rings. The maximum Gasteiger partial charge on any atom is 0.130 e. The van der Waals surface area contributed by atoms with E-state index in [1.807, 2.05) is 0 Å². The van der Waals surface area contributed by atoms with Crippen molar-refractivity contribution in [1.29, 1.82) is 0 Å². The lowest BCUT2D eigenvalue weighted by molar-refractivity contribution is 0.0820. The lowest BCUT2D eigenvalue weighted by Crippen LogP contribution is -2.18. The summed E-state index contributed by atoms with van der Waals surface area (Å²) in [6.07, 6.45) is 0.916. The van der Waals surface area contributed by atoms with Gasteiger partial charge in [-0.3, -0.25) is 0 Å². The molecule has 1 heterocycles. The van der Waals surface area contributed by atoms with Crippen LogP contribution in [0, 0.1) is 12.8 Å². The Bertz CT molecular complexity index is 347. The number of rotatable bonds is 10. The van der Waals surface area contributed by atoms with Gasteiger partial charge >= 0.3 is 0 Å². The molecule has 0 saturated carbocycles.